The molecule has 0 aromatic heterocycles. The van der Waals surface area contributed by atoms with E-state index in [-0.39, 0.29) is 24.0 Å². The van der Waals surface area contributed by atoms with Crippen LogP contribution in [0.25, 0.3) is 0 Å². The lowest BCUT2D eigenvalue weighted by atomic mass is 10.1. The van der Waals surface area contributed by atoms with E-state index in [2.05, 4.69) is 58.8 Å². The second kappa shape index (κ2) is 15.7. The molecule has 1 aromatic carbocycles. The Morgan fingerprint density at radius 3 is 2.58 bits per heavy atom. The van der Waals surface area contributed by atoms with Gasteiger partial charge in [0.1, 0.15) is 0 Å². The summed E-state index contributed by atoms with van der Waals surface area (Å²) in [6, 6.07) is 10.5. The molecule has 138 valence electrons. The van der Waals surface area contributed by atoms with Crippen LogP contribution in [0.5, 0.6) is 0 Å². The number of hydrogen-bond acceptors (Lipinski definition) is 3. The maximum Gasteiger partial charge on any atom is 0.191 e. The number of likely N-dealkylation sites (N-methyl/N-ethyl adjacent to an activating group) is 1. The minimum absolute atomic E-state index is 0. The van der Waals surface area contributed by atoms with Gasteiger partial charge in [0.15, 0.2) is 5.96 Å². The number of ether oxygens (including phenoxy) is 1. The summed E-state index contributed by atoms with van der Waals surface area (Å²) in [4.78, 5) is 6.92. The van der Waals surface area contributed by atoms with Crippen LogP contribution in [-0.2, 0) is 11.2 Å². The molecule has 0 aliphatic heterocycles. The first-order valence-electron chi connectivity index (χ1n) is 8.49. The molecule has 2 N–H and O–H groups in total. The van der Waals surface area contributed by atoms with Gasteiger partial charge in [-0.2, -0.15) is 0 Å². The number of benzene rings is 1. The molecule has 1 rings (SSSR count). The zero-order valence-corrected chi connectivity index (χ0v) is 17.6. The second-order valence-corrected chi connectivity index (χ2v) is 5.57. The van der Waals surface area contributed by atoms with E-state index in [1.54, 1.807) is 7.11 Å². The number of rotatable bonds is 11. The smallest absolute Gasteiger partial charge is 0.191 e. The maximum atomic E-state index is 5.07. The van der Waals surface area contributed by atoms with Crippen LogP contribution in [0.1, 0.15) is 18.9 Å². The molecule has 0 unspecified atom stereocenters. The zero-order valence-electron chi connectivity index (χ0n) is 15.3. The van der Waals surface area contributed by atoms with Crippen molar-refractivity contribution in [1.29, 1.82) is 0 Å². The number of methoxy groups -OCH3 is 1. The van der Waals surface area contributed by atoms with Crippen LogP contribution in [0.2, 0.25) is 0 Å². The fraction of sp³-hybridized carbons (Fsp3) is 0.611. The fourth-order valence-corrected chi connectivity index (χ4v) is 2.23. The highest BCUT2D eigenvalue weighted by atomic mass is 127. The second-order valence-electron chi connectivity index (χ2n) is 5.57. The quantitative estimate of drug-likeness (QED) is 0.236. The molecular formula is C18H33IN4O. The summed E-state index contributed by atoms with van der Waals surface area (Å²) in [6.07, 6.45) is 2.06. The highest BCUT2D eigenvalue weighted by molar-refractivity contribution is 14.0. The largest absolute Gasteiger partial charge is 0.385 e. The van der Waals surface area contributed by atoms with E-state index in [0.717, 1.165) is 58.1 Å². The first-order valence-corrected chi connectivity index (χ1v) is 8.49. The average molecular weight is 448 g/mol. The summed E-state index contributed by atoms with van der Waals surface area (Å²) in [5, 5.41) is 6.69. The summed E-state index contributed by atoms with van der Waals surface area (Å²) in [6.45, 7) is 7.47. The van der Waals surface area contributed by atoms with Crippen LogP contribution in [0.4, 0.5) is 0 Å². The molecule has 0 amide bonds. The SMILES string of the molecule is CCNC(=NCCN(C)CCCOC)NCCc1ccccc1.I. The average Bonchev–Trinajstić information content (AvgIpc) is 2.56. The first-order chi connectivity index (χ1) is 11.3. The summed E-state index contributed by atoms with van der Waals surface area (Å²) in [5.74, 6) is 0.897. The standard InChI is InChI=1S/C18H32N4O.HI/c1-4-19-18(20-12-11-17-9-6-5-7-10-17)21-13-15-22(2)14-8-16-23-3;/h5-7,9-10H,4,8,11-16H2,1-3H3,(H2,19,20,21);1H. The summed E-state index contributed by atoms with van der Waals surface area (Å²) in [5.41, 5.74) is 1.34. The molecule has 0 saturated heterocycles. The van der Waals surface area contributed by atoms with Gasteiger partial charge in [-0.1, -0.05) is 30.3 Å². The lowest BCUT2D eigenvalue weighted by Gasteiger charge is -2.16. The molecule has 1 aromatic rings. The Bertz CT molecular complexity index is 428. The number of nitrogens with zero attached hydrogens (tertiary/aromatic N) is 2. The van der Waals surface area contributed by atoms with E-state index in [9.17, 15) is 0 Å². The van der Waals surface area contributed by atoms with Gasteiger partial charge in [0.05, 0.1) is 6.54 Å². The molecule has 24 heavy (non-hydrogen) atoms. The molecule has 5 nitrogen and oxygen atoms in total. The van der Waals surface area contributed by atoms with E-state index in [0.29, 0.717) is 0 Å². The van der Waals surface area contributed by atoms with Crippen molar-refractivity contribution in [2.75, 3.05) is 53.5 Å². The van der Waals surface area contributed by atoms with Crippen LogP contribution in [0.15, 0.2) is 35.3 Å². The Morgan fingerprint density at radius 2 is 1.92 bits per heavy atom. The van der Waals surface area contributed by atoms with Crippen molar-refractivity contribution in [1.82, 2.24) is 15.5 Å². The zero-order chi connectivity index (χ0) is 16.8. The molecule has 0 heterocycles. The predicted molar refractivity (Wildman–Crippen MR) is 114 cm³/mol. The normalized spacial score (nSPS) is 11.2. The molecule has 0 aliphatic carbocycles. The van der Waals surface area contributed by atoms with Gasteiger partial charge in [-0.15, -0.1) is 24.0 Å². The van der Waals surface area contributed by atoms with E-state index < -0.39 is 0 Å². The van der Waals surface area contributed by atoms with Gasteiger partial charge in [-0.3, -0.25) is 4.99 Å². The van der Waals surface area contributed by atoms with Crippen molar-refractivity contribution in [3.63, 3.8) is 0 Å². The number of aliphatic imine (C=N–C) groups is 1. The van der Waals surface area contributed by atoms with Gasteiger partial charge in [0.2, 0.25) is 0 Å². The Kier molecular flexibility index (Phi) is 15.1. The Hall–Kier alpha value is -0.860. The van der Waals surface area contributed by atoms with Crippen molar-refractivity contribution >= 4 is 29.9 Å². The van der Waals surface area contributed by atoms with Crippen LogP contribution < -0.4 is 10.6 Å². The van der Waals surface area contributed by atoms with Crippen LogP contribution >= 0.6 is 24.0 Å². The number of halogens is 1. The molecule has 0 radical (unpaired) electrons. The molecular weight excluding hydrogens is 415 g/mol. The summed E-state index contributed by atoms with van der Waals surface area (Å²) >= 11 is 0. The van der Waals surface area contributed by atoms with Crippen LogP contribution in [0.3, 0.4) is 0 Å². The minimum Gasteiger partial charge on any atom is -0.385 e. The fourth-order valence-electron chi connectivity index (χ4n) is 2.23. The topological polar surface area (TPSA) is 48.9 Å². The van der Waals surface area contributed by atoms with Gasteiger partial charge >= 0.3 is 0 Å². The maximum absolute atomic E-state index is 5.07. The number of nitrogens with one attached hydrogen (secondary N) is 2. The summed E-state index contributed by atoms with van der Waals surface area (Å²) < 4.78 is 5.07. The van der Waals surface area contributed by atoms with E-state index >= 15 is 0 Å². The molecule has 0 bridgehead atoms. The number of guanidine groups is 1. The highest BCUT2D eigenvalue weighted by Crippen LogP contribution is 1.98. The van der Waals surface area contributed by atoms with Crippen molar-refractivity contribution in [2.24, 2.45) is 4.99 Å². The molecule has 0 atom stereocenters. The molecule has 0 fully saturated rings. The Labute approximate surface area is 164 Å². The van der Waals surface area contributed by atoms with Crippen molar-refractivity contribution in [3.8, 4) is 0 Å². The van der Waals surface area contributed by atoms with Crippen LogP contribution in [-0.4, -0.2) is 64.3 Å². The number of hydrogen-bond donors (Lipinski definition) is 2. The predicted octanol–water partition coefficient (Wildman–Crippen LogP) is 2.37. The van der Waals surface area contributed by atoms with Gasteiger partial charge in [-0.05, 0) is 32.4 Å². The molecule has 0 spiro atoms. The summed E-state index contributed by atoms with van der Waals surface area (Å²) in [7, 11) is 3.87. The molecule has 6 heteroatoms. The third-order valence-electron chi connectivity index (χ3n) is 3.53. The highest BCUT2D eigenvalue weighted by Gasteiger charge is 2.00. The van der Waals surface area contributed by atoms with Gasteiger partial charge in [0, 0.05) is 39.9 Å². The van der Waals surface area contributed by atoms with Gasteiger partial charge < -0.3 is 20.3 Å². The van der Waals surface area contributed by atoms with E-state index in [4.69, 9.17) is 4.74 Å². The third-order valence-corrected chi connectivity index (χ3v) is 3.53. The lowest BCUT2D eigenvalue weighted by Crippen LogP contribution is -2.39. The van der Waals surface area contributed by atoms with Gasteiger partial charge in [0.25, 0.3) is 0 Å². The monoisotopic (exact) mass is 448 g/mol. The van der Waals surface area contributed by atoms with Crippen LogP contribution in [0, 0.1) is 0 Å². The lowest BCUT2D eigenvalue weighted by molar-refractivity contribution is 0.180. The Balaban J connectivity index is 0.00000529. The van der Waals surface area contributed by atoms with Crippen molar-refractivity contribution in [3.05, 3.63) is 35.9 Å². The Morgan fingerprint density at radius 1 is 1.17 bits per heavy atom. The third kappa shape index (κ3) is 11.6. The molecule has 0 saturated carbocycles. The van der Waals surface area contributed by atoms with E-state index in [1.165, 1.54) is 5.56 Å². The van der Waals surface area contributed by atoms with Crippen molar-refractivity contribution in [2.45, 2.75) is 19.8 Å². The van der Waals surface area contributed by atoms with Gasteiger partial charge in [-0.25, -0.2) is 0 Å². The van der Waals surface area contributed by atoms with E-state index in [1.807, 2.05) is 6.07 Å². The molecule has 0 aliphatic rings. The first kappa shape index (κ1) is 23.1. The minimum atomic E-state index is 0. The van der Waals surface area contributed by atoms with Crippen molar-refractivity contribution < 1.29 is 4.74 Å².